The Kier molecular flexibility index (Phi) is 5.87. The number of aryl methyl sites for hydroxylation is 2. The SMILES string of the molecule is CCCNC(C#N)(CC)CCCn1ccnc1C. The lowest BCUT2D eigenvalue weighted by Crippen LogP contribution is -2.43. The molecule has 1 unspecified atom stereocenters. The summed E-state index contributed by atoms with van der Waals surface area (Å²) < 4.78 is 2.14. The van der Waals surface area contributed by atoms with Gasteiger partial charge in [-0.3, -0.25) is 5.32 Å². The number of hydrogen-bond donors (Lipinski definition) is 1. The Labute approximate surface area is 110 Å². The lowest BCUT2D eigenvalue weighted by Gasteiger charge is -2.26. The molecule has 1 rings (SSSR count). The first-order valence-corrected chi connectivity index (χ1v) is 6.81. The number of rotatable bonds is 8. The summed E-state index contributed by atoms with van der Waals surface area (Å²) in [5.74, 6) is 1.04. The van der Waals surface area contributed by atoms with E-state index in [0.29, 0.717) is 0 Å². The van der Waals surface area contributed by atoms with Crippen LogP contribution >= 0.6 is 0 Å². The van der Waals surface area contributed by atoms with Crippen molar-refractivity contribution < 1.29 is 0 Å². The molecule has 0 spiro atoms. The van der Waals surface area contributed by atoms with E-state index in [9.17, 15) is 5.26 Å². The highest BCUT2D eigenvalue weighted by atomic mass is 15.0. The number of nitrogens with zero attached hydrogens (tertiary/aromatic N) is 3. The zero-order chi connectivity index (χ0) is 13.4. The van der Waals surface area contributed by atoms with Crippen molar-refractivity contribution in [2.45, 2.75) is 58.5 Å². The van der Waals surface area contributed by atoms with Gasteiger partial charge in [-0.2, -0.15) is 5.26 Å². The molecule has 1 N–H and O–H groups in total. The van der Waals surface area contributed by atoms with E-state index in [0.717, 1.165) is 44.6 Å². The quantitative estimate of drug-likeness (QED) is 0.769. The average molecular weight is 248 g/mol. The molecule has 0 aromatic carbocycles. The van der Waals surface area contributed by atoms with Crippen LogP contribution in [0.15, 0.2) is 12.4 Å². The summed E-state index contributed by atoms with van der Waals surface area (Å²) in [6.45, 7) is 8.05. The Hall–Kier alpha value is -1.34. The zero-order valence-electron chi connectivity index (χ0n) is 11.7. The molecule has 1 heterocycles. The van der Waals surface area contributed by atoms with Crippen LogP contribution in [0.25, 0.3) is 0 Å². The van der Waals surface area contributed by atoms with Crippen molar-refractivity contribution in [1.29, 1.82) is 5.26 Å². The summed E-state index contributed by atoms with van der Waals surface area (Å²) in [6.07, 6.45) is 7.61. The first kappa shape index (κ1) is 14.7. The smallest absolute Gasteiger partial charge is 0.106 e. The molecule has 4 nitrogen and oxygen atoms in total. The molecular formula is C14H24N4. The van der Waals surface area contributed by atoms with Crippen molar-refractivity contribution >= 4 is 0 Å². The van der Waals surface area contributed by atoms with E-state index < -0.39 is 0 Å². The molecule has 0 aliphatic heterocycles. The van der Waals surface area contributed by atoms with Crippen LogP contribution in [0.1, 0.15) is 45.4 Å². The number of nitrogens with one attached hydrogen (secondary N) is 1. The van der Waals surface area contributed by atoms with E-state index in [4.69, 9.17) is 0 Å². The molecule has 0 saturated heterocycles. The van der Waals surface area contributed by atoms with Crippen molar-refractivity contribution in [3.8, 4) is 6.07 Å². The van der Waals surface area contributed by atoms with Gasteiger partial charge in [0.15, 0.2) is 0 Å². The van der Waals surface area contributed by atoms with E-state index in [2.05, 4.69) is 34.8 Å². The van der Waals surface area contributed by atoms with Gasteiger partial charge in [-0.1, -0.05) is 13.8 Å². The predicted octanol–water partition coefficient (Wildman–Crippen LogP) is 2.64. The maximum atomic E-state index is 9.38. The molecule has 100 valence electrons. The van der Waals surface area contributed by atoms with E-state index in [1.165, 1.54) is 0 Å². The molecule has 0 aliphatic carbocycles. The Morgan fingerprint density at radius 2 is 2.28 bits per heavy atom. The Bertz CT molecular complexity index is 391. The van der Waals surface area contributed by atoms with Crippen LogP contribution in [0.5, 0.6) is 0 Å². The fraction of sp³-hybridized carbons (Fsp3) is 0.714. The predicted molar refractivity (Wildman–Crippen MR) is 73.1 cm³/mol. The fourth-order valence-electron chi connectivity index (χ4n) is 2.12. The molecule has 1 aromatic heterocycles. The Balaban J connectivity index is 2.48. The topological polar surface area (TPSA) is 53.6 Å². The maximum Gasteiger partial charge on any atom is 0.106 e. The standard InChI is InChI=1S/C14H24N4/c1-4-8-17-14(5-2,12-15)7-6-10-18-11-9-16-13(18)3/h9,11,17H,4-8,10H2,1-3H3. The fourth-order valence-corrected chi connectivity index (χ4v) is 2.12. The van der Waals surface area contributed by atoms with Gasteiger partial charge in [-0.25, -0.2) is 4.98 Å². The summed E-state index contributed by atoms with van der Waals surface area (Å²) in [4.78, 5) is 4.20. The van der Waals surface area contributed by atoms with Crippen LogP contribution in [0.4, 0.5) is 0 Å². The summed E-state index contributed by atoms with van der Waals surface area (Å²) >= 11 is 0. The lowest BCUT2D eigenvalue weighted by atomic mass is 9.92. The van der Waals surface area contributed by atoms with Crippen LogP contribution < -0.4 is 5.32 Å². The Morgan fingerprint density at radius 3 is 2.78 bits per heavy atom. The highest BCUT2D eigenvalue weighted by Gasteiger charge is 2.26. The van der Waals surface area contributed by atoms with Crippen molar-refractivity contribution in [3.05, 3.63) is 18.2 Å². The van der Waals surface area contributed by atoms with Crippen LogP contribution in [0.3, 0.4) is 0 Å². The van der Waals surface area contributed by atoms with Crippen LogP contribution in [-0.2, 0) is 6.54 Å². The van der Waals surface area contributed by atoms with E-state index in [-0.39, 0.29) is 5.54 Å². The zero-order valence-corrected chi connectivity index (χ0v) is 11.7. The third kappa shape index (κ3) is 3.85. The van der Waals surface area contributed by atoms with Crippen LogP contribution in [-0.4, -0.2) is 21.6 Å². The highest BCUT2D eigenvalue weighted by molar-refractivity contribution is 5.06. The van der Waals surface area contributed by atoms with Crippen LogP contribution in [0, 0.1) is 18.3 Å². The molecule has 0 radical (unpaired) electrons. The minimum atomic E-state index is -0.357. The third-order valence-electron chi connectivity index (χ3n) is 3.46. The minimum absolute atomic E-state index is 0.357. The Morgan fingerprint density at radius 1 is 1.50 bits per heavy atom. The van der Waals surface area contributed by atoms with Gasteiger partial charge in [0.2, 0.25) is 0 Å². The molecule has 18 heavy (non-hydrogen) atoms. The molecule has 0 saturated carbocycles. The molecular weight excluding hydrogens is 224 g/mol. The second-order valence-electron chi connectivity index (χ2n) is 4.75. The second-order valence-corrected chi connectivity index (χ2v) is 4.75. The van der Waals surface area contributed by atoms with Gasteiger partial charge in [0.1, 0.15) is 11.4 Å². The molecule has 0 aliphatic rings. The normalized spacial score (nSPS) is 14.1. The highest BCUT2D eigenvalue weighted by Crippen LogP contribution is 2.17. The molecule has 0 bridgehead atoms. The van der Waals surface area contributed by atoms with Crippen molar-refractivity contribution in [2.75, 3.05) is 6.54 Å². The van der Waals surface area contributed by atoms with Gasteiger partial charge < -0.3 is 4.57 Å². The van der Waals surface area contributed by atoms with Gasteiger partial charge in [0.05, 0.1) is 6.07 Å². The lowest BCUT2D eigenvalue weighted by molar-refractivity contribution is 0.355. The molecule has 0 amide bonds. The van der Waals surface area contributed by atoms with Crippen molar-refractivity contribution in [3.63, 3.8) is 0 Å². The average Bonchev–Trinajstić information content (AvgIpc) is 2.80. The van der Waals surface area contributed by atoms with Gasteiger partial charge in [0, 0.05) is 18.9 Å². The number of hydrogen-bond acceptors (Lipinski definition) is 3. The van der Waals surface area contributed by atoms with Gasteiger partial charge in [-0.15, -0.1) is 0 Å². The van der Waals surface area contributed by atoms with Gasteiger partial charge in [0.25, 0.3) is 0 Å². The summed E-state index contributed by atoms with van der Waals surface area (Å²) in [6, 6.07) is 2.46. The second kappa shape index (κ2) is 7.17. The largest absolute Gasteiger partial charge is 0.335 e. The monoisotopic (exact) mass is 248 g/mol. The molecule has 1 aromatic rings. The molecule has 0 fully saturated rings. The van der Waals surface area contributed by atoms with Crippen LogP contribution in [0.2, 0.25) is 0 Å². The number of nitriles is 1. The van der Waals surface area contributed by atoms with E-state index in [1.54, 1.807) is 0 Å². The first-order chi connectivity index (χ1) is 8.67. The molecule has 4 heteroatoms. The minimum Gasteiger partial charge on any atom is -0.335 e. The van der Waals surface area contributed by atoms with Crippen molar-refractivity contribution in [2.24, 2.45) is 0 Å². The van der Waals surface area contributed by atoms with Gasteiger partial charge in [-0.05, 0) is 39.2 Å². The number of aromatic nitrogens is 2. The van der Waals surface area contributed by atoms with E-state index in [1.807, 2.05) is 19.3 Å². The molecule has 1 atom stereocenters. The first-order valence-electron chi connectivity index (χ1n) is 6.81. The van der Waals surface area contributed by atoms with E-state index >= 15 is 0 Å². The summed E-state index contributed by atoms with van der Waals surface area (Å²) in [7, 11) is 0. The third-order valence-corrected chi connectivity index (χ3v) is 3.46. The summed E-state index contributed by atoms with van der Waals surface area (Å²) in [5, 5.41) is 12.8. The summed E-state index contributed by atoms with van der Waals surface area (Å²) in [5.41, 5.74) is -0.357. The maximum absolute atomic E-state index is 9.38. The van der Waals surface area contributed by atoms with Gasteiger partial charge >= 0.3 is 0 Å². The van der Waals surface area contributed by atoms with Crippen molar-refractivity contribution in [1.82, 2.24) is 14.9 Å². The number of imidazole rings is 1.